The highest BCUT2D eigenvalue weighted by atomic mass is 35.5. The standard InChI is InChI=1S/C11H8Cl2N2OS/c1-17-9-5-3-2-4-8(9)16-11-7(12)6-10(13)14-15-11/h2-6H,1H3. The quantitative estimate of drug-likeness (QED) is 0.788. The Morgan fingerprint density at radius 2 is 1.94 bits per heavy atom. The second-order valence-electron chi connectivity index (χ2n) is 3.07. The molecule has 0 saturated heterocycles. The van der Waals surface area contributed by atoms with E-state index in [1.54, 1.807) is 11.8 Å². The normalized spacial score (nSPS) is 10.3. The Labute approximate surface area is 113 Å². The minimum atomic E-state index is 0.237. The fourth-order valence-electron chi connectivity index (χ4n) is 1.21. The van der Waals surface area contributed by atoms with Crippen LogP contribution < -0.4 is 4.74 Å². The van der Waals surface area contributed by atoms with Crippen LogP contribution in [0.4, 0.5) is 0 Å². The van der Waals surface area contributed by atoms with Crippen LogP contribution in [0.5, 0.6) is 11.6 Å². The number of thioether (sulfide) groups is 1. The van der Waals surface area contributed by atoms with E-state index in [-0.39, 0.29) is 11.0 Å². The van der Waals surface area contributed by atoms with Crippen molar-refractivity contribution in [2.45, 2.75) is 4.90 Å². The van der Waals surface area contributed by atoms with Crippen molar-refractivity contribution in [2.75, 3.05) is 6.26 Å². The van der Waals surface area contributed by atoms with E-state index in [9.17, 15) is 0 Å². The van der Waals surface area contributed by atoms with Crippen LogP contribution in [-0.2, 0) is 0 Å². The van der Waals surface area contributed by atoms with Gasteiger partial charge in [-0.25, -0.2) is 0 Å². The van der Waals surface area contributed by atoms with Crippen LogP contribution in [0, 0.1) is 0 Å². The summed E-state index contributed by atoms with van der Waals surface area (Å²) in [4.78, 5) is 1.00. The van der Waals surface area contributed by atoms with Gasteiger partial charge in [0.2, 0.25) is 0 Å². The van der Waals surface area contributed by atoms with Crippen molar-refractivity contribution in [1.82, 2.24) is 10.2 Å². The van der Waals surface area contributed by atoms with E-state index in [1.807, 2.05) is 30.5 Å². The molecule has 17 heavy (non-hydrogen) atoms. The first-order valence-corrected chi connectivity index (χ1v) is 6.68. The van der Waals surface area contributed by atoms with Gasteiger partial charge in [0.15, 0.2) is 5.15 Å². The lowest BCUT2D eigenvalue weighted by atomic mass is 10.3. The summed E-state index contributed by atoms with van der Waals surface area (Å²) in [5.74, 6) is 0.941. The molecule has 0 spiro atoms. The van der Waals surface area contributed by atoms with Crippen molar-refractivity contribution in [1.29, 1.82) is 0 Å². The van der Waals surface area contributed by atoms with Crippen molar-refractivity contribution < 1.29 is 4.74 Å². The molecule has 0 fully saturated rings. The molecule has 1 aromatic heterocycles. The van der Waals surface area contributed by atoms with Gasteiger partial charge in [-0.1, -0.05) is 35.3 Å². The number of nitrogens with zero attached hydrogens (tertiary/aromatic N) is 2. The Morgan fingerprint density at radius 1 is 1.18 bits per heavy atom. The zero-order valence-electron chi connectivity index (χ0n) is 8.85. The summed E-state index contributed by atoms with van der Waals surface area (Å²) >= 11 is 13.2. The smallest absolute Gasteiger partial charge is 0.257 e. The summed E-state index contributed by atoms with van der Waals surface area (Å²) in [7, 11) is 0. The maximum Gasteiger partial charge on any atom is 0.257 e. The van der Waals surface area contributed by atoms with Crippen molar-refractivity contribution >= 4 is 35.0 Å². The fraction of sp³-hybridized carbons (Fsp3) is 0.0909. The fourth-order valence-corrected chi connectivity index (χ4v) is 2.12. The molecule has 6 heteroatoms. The minimum Gasteiger partial charge on any atom is -0.435 e. The van der Waals surface area contributed by atoms with Crippen LogP contribution in [0.15, 0.2) is 35.2 Å². The average Bonchev–Trinajstić information content (AvgIpc) is 2.33. The summed E-state index contributed by atoms with van der Waals surface area (Å²) in [6, 6.07) is 9.11. The van der Waals surface area contributed by atoms with Gasteiger partial charge in [0, 0.05) is 11.0 Å². The van der Waals surface area contributed by atoms with E-state index < -0.39 is 0 Å². The lowest BCUT2D eigenvalue weighted by Gasteiger charge is -2.08. The number of rotatable bonds is 3. The van der Waals surface area contributed by atoms with Crippen molar-refractivity contribution in [3.8, 4) is 11.6 Å². The van der Waals surface area contributed by atoms with Crippen LogP contribution in [0.2, 0.25) is 10.2 Å². The number of hydrogen-bond donors (Lipinski definition) is 0. The Morgan fingerprint density at radius 3 is 2.65 bits per heavy atom. The Balaban J connectivity index is 2.31. The third-order valence-corrected chi connectivity index (χ3v) is 3.19. The summed E-state index contributed by atoms with van der Waals surface area (Å²) < 4.78 is 5.60. The molecule has 0 atom stereocenters. The van der Waals surface area contributed by atoms with Crippen molar-refractivity contribution in [2.24, 2.45) is 0 Å². The number of hydrogen-bond acceptors (Lipinski definition) is 4. The number of ether oxygens (including phenoxy) is 1. The third kappa shape index (κ3) is 3.03. The van der Waals surface area contributed by atoms with Crippen LogP contribution in [0.25, 0.3) is 0 Å². The van der Waals surface area contributed by atoms with E-state index >= 15 is 0 Å². The predicted molar refractivity (Wildman–Crippen MR) is 70.3 cm³/mol. The SMILES string of the molecule is CSc1ccccc1Oc1nnc(Cl)cc1Cl. The van der Waals surface area contributed by atoms with Crippen LogP contribution >= 0.6 is 35.0 Å². The van der Waals surface area contributed by atoms with Crippen LogP contribution in [-0.4, -0.2) is 16.5 Å². The number of halogens is 2. The Hall–Kier alpha value is -0.970. The molecule has 88 valence electrons. The van der Waals surface area contributed by atoms with E-state index in [0.29, 0.717) is 10.8 Å². The van der Waals surface area contributed by atoms with Crippen molar-refractivity contribution in [3.05, 3.63) is 40.5 Å². The van der Waals surface area contributed by atoms with Gasteiger partial charge in [-0.05, 0) is 18.4 Å². The monoisotopic (exact) mass is 286 g/mol. The largest absolute Gasteiger partial charge is 0.435 e. The third-order valence-electron chi connectivity index (χ3n) is 1.96. The van der Waals surface area contributed by atoms with Crippen molar-refractivity contribution in [3.63, 3.8) is 0 Å². The van der Waals surface area contributed by atoms with Gasteiger partial charge in [-0.15, -0.1) is 22.0 Å². The molecule has 0 aliphatic heterocycles. The highest BCUT2D eigenvalue weighted by Gasteiger charge is 2.09. The zero-order valence-corrected chi connectivity index (χ0v) is 11.2. The second-order valence-corrected chi connectivity index (χ2v) is 4.72. The number of para-hydroxylation sites is 1. The second kappa shape index (κ2) is 5.58. The maximum atomic E-state index is 5.96. The molecule has 0 aliphatic rings. The average molecular weight is 287 g/mol. The molecular weight excluding hydrogens is 279 g/mol. The van der Waals surface area contributed by atoms with E-state index in [4.69, 9.17) is 27.9 Å². The Kier molecular flexibility index (Phi) is 4.10. The molecule has 0 aliphatic carbocycles. The van der Waals surface area contributed by atoms with Gasteiger partial charge >= 0.3 is 0 Å². The highest BCUT2D eigenvalue weighted by molar-refractivity contribution is 7.98. The molecule has 2 aromatic rings. The molecule has 3 nitrogen and oxygen atoms in total. The molecule has 1 heterocycles. The topological polar surface area (TPSA) is 35.0 Å². The zero-order chi connectivity index (χ0) is 12.3. The van der Waals surface area contributed by atoms with Gasteiger partial charge in [-0.2, -0.15) is 0 Å². The summed E-state index contributed by atoms with van der Waals surface area (Å²) in [6.07, 6.45) is 1.97. The molecule has 0 radical (unpaired) electrons. The first-order chi connectivity index (χ1) is 8.20. The van der Waals surface area contributed by atoms with Gasteiger partial charge in [0.05, 0.1) is 0 Å². The lowest BCUT2D eigenvalue weighted by molar-refractivity contribution is 0.445. The summed E-state index contributed by atoms with van der Waals surface area (Å²) in [5.41, 5.74) is 0. The van der Waals surface area contributed by atoms with Crippen LogP contribution in [0.3, 0.4) is 0 Å². The molecule has 0 amide bonds. The molecule has 2 rings (SSSR count). The first-order valence-electron chi connectivity index (χ1n) is 4.70. The van der Waals surface area contributed by atoms with Gasteiger partial charge < -0.3 is 4.74 Å². The molecular formula is C11H8Cl2N2OS. The molecule has 0 bridgehead atoms. The van der Waals surface area contributed by atoms with E-state index in [0.717, 1.165) is 4.90 Å². The summed E-state index contributed by atoms with van der Waals surface area (Å²) in [5, 5.41) is 8.06. The van der Waals surface area contributed by atoms with E-state index in [2.05, 4.69) is 10.2 Å². The minimum absolute atomic E-state index is 0.237. The first kappa shape index (κ1) is 12.5. The van der Waals surface area contributed by atoms with Crippen LogP contribution in [0.1, 0.15) is 0 Å². The summed E-state index contributed by atoms with van der Waals surface area (Å²) in [6.45, 7) is 0. The lowest BCUT2D eigenvalue weighted by Crippen LogP contribution is -1.93. The predicted octanol–water partition coefficient (Wildman–Crippen LogP) is 4.30. The van der Waals surface area contributed by atoms with E-state index in [1.165, 1.54) is 6.07 Å². The van der Waals surface area contributed by atoms with Gasteiger partial charge in [-0.3, -0.25) is 0 Å². The van der Waals surface area contributed by atoms with Gasteiger partial charge in [0.25, 0.3) is 5.88 Å². The highest BCUT2D eigenvalue weighted by Crippen LogP contribution is 2.33. The van der Waals surface area contributed by atoms with Gasteiger partial charge in [0.1, 0.15) is 10.8 Å². The molecule has 0 N–H and O–H groups in total. The Bertz CT molecular complexity index is 537. The molecule has 1 aromatic carbocycles. The number of benzene rings is 1. The molecule has 0 saturated carbocycles. The number of aromatic nitrogens is 2. The maximum absolute atomic E-state index is 5.96. The molecule has 0 unspecified atom stereocenters.